The number of anilines is 1. The number of amides is 3. The molecule has 0 saturated heterocycles. The first-order valence-corrected chi connectivity index (χ1v) is 10.1. The van der Waals surface area contributed by atoms with E-state index in [0.717, 1.165) is 5.69 Å². The average molecular weight is 422 g/mol. The van der Waals surface area contributed by atoms with Crippen molar-refractivity contribution in [1.82, 2.24) is 14.7 Å². The third-order valence-corrected chi connectivity index (χ3v) is 5.28. The molecule has 5 rings (SSSR count). The summed E-state index contributed by atoms with van der Waals surface area (Å²) in [6, 6.07) is 22.9. The minimum absolute atomic E-state index is 0.0995. The van der Waals surface area contributed by atoms with Gasteiger partial charge in [0.25, 0.3) is 17.7 Å². The normalized spacial score (nSPS) is 12.7. The van der Waals surface area contributed by atoms with Crippen LogP contribution in [0.25, 0.3) is 5.69 Å². The Morgan fingerprint density at radius 3 is 2.31 bits per heavy atom. The van der Waals surface area contributed by atoms with Crippen molar-refractivity contribution < 1.29 is 14.4 Å². The second kappa shape index (κ2) is 7.96. The molecule has 1 aliphatic rings. The SMILES string of the molecule is O=C(Nc1cccc(-n2cccn2)c1)c1cccc(CN2C(=O)c3ccccc3C2=O)c1. The summed E-state index contributed by atoms with van der Waals surface area (Å²) in [5.74, 6) is -0.932. The van der Waals surface area contributed by atoms with E-state index < -0.39 is 0 Å². The van der Waals surface area contributed by atoms with Gasteiger partial charge in [-0.2, -0.15) is 5.10 Å². The number of nitrogens with zero attached hydrogens (tertiary/aromatic N) is 3. The van der Waals surface area contributed by atoms with Gasteiger partial charge in [-0.25, -0.2) is 4.68 Å². The predicted molar refractivity (Wildman–Crippen MR) is 119 cm³/mol. The number of benzene rings is 3. The molecular formula is C25H18N4O3. The molecule has 0 spiro atoms. The van der Waals surface area contributed by atoms with E-state index in [1.807, 2.05) is 30.5 Å². The van der Waals surface area contributed by atoms with Gasteiger partial charge < -0.3 is 5.32 Å². The van der Waals surface area contributed by atoms with Crippen LogP contribution < -0.4 is 5.32 Å². The lowest BCUT2D eigenvalue weighted by Crippen LogP contribution is -2.29. The summed E-state index contributed by atoms with van der Waals surface area (Å²) < 4.78 is 1.71. The van der Waals surface area contributed by atoms with Gasteiger partial charge in [0.05, 0.1) is 23.4 Å². The second-order valence-corrected chi connectivity index (χ2v) is 7.40. The van der Waals surface area contributed by atoms with E-state index in [0.29, 0.717) is 27.9 Å². The molecule has 3 aromatic carbocycles. The Morgan fingerprint density at radius 2 is 1.59 bits per heavy atom. The van der Waals surface area contributed by atoms with Crippen LogP contribution in [0.2, 0.25) is 0 Å². The van der Waals surface area contributed by atoms with Gasteiger partial charge in [0.15, 0.2) is 0 Å². The standard InChI is InChI=1S/C25H18N4O3/c30-23(27-19-8-4-9-20(15-19)29-13-5-12-26-29)18-7-3-6-17(14-18)16-28-24(31)21-10-1-2-11-22(21)25(28)32/h1-15H,16H2,(H,27,30). The van der Waals surface area contributed by atoms with Gasteiger partial charge in [-0.15, -0.1) is 0 Å². The summed E-state index contributed by atoms with van der Waals surface area (Å²) in [6.07, 6.45) is 3.51. The molecule has 0 fully saturated rings. The third kappa shape index (κ3) is 3.56. The first kappa shape index (κ1) is 19.4. The fourth-order valence-corrected chi connectivity index (χ4v) is 3.73. The molecule has 1 N–H and O–H groups in total. The molecule has 0 atom stereocenters. The first-order valence-electron chi connectivity index (χ1n) is 10.1. The maximum Gasteiger partial charge on any atom is 0.261 e. The Balaban J connectivity index is 1.33. The summed E-state index contributed by atoms with van der Waals surface area (Å²) >= 11 is 0. The van der Waals surface area contributed by atoms with E-state index in [2.05, 4.69) is 10.4 Å². The predicted octanol–water partition coefficient (Wildman–Crippen LogP) is 3.92. The minimum Gasteiger partial charge on any atom is -0.322 e. The van der Waals surface area contributed by atoms with Gasteiger partial charge in [-0.1, -0.05) is 30.3 Å². The number of nitrogens with one attached hydrogen (secondary N) is 1. The molecule has 7 heteroatoms. The highest BCUT2D eigenvalue weighted by atomic mass is 16.2. The number of hydrogen-bond donors (Lipinski definition) is 1. The zero-order chi connectivity index (χ0) is 22.1. The summed E-state index contributed by atoms with van der Waals surface area (Å²) in [5, 5.41) is 7.08. The number of aromatic nitrogens is 2. The van der Waals surface area contributed by atoms with Gasteiger partial charge >= 0.3 is 0 Å². The fourth-order valence-electron chi connectivity index (χ4n) is 3.73. The van der Waals surface area contributed by atoms with Crippen LogP contribution >= 0.6 is 0 Å². The lowest BCUT2D eigenvalue weighted by molar-refractivity contribution is 0.0642. The van der Waals surface area contributed by atoms with E-state index in [1.54, 1.807) is 65.5 Å². The Kier molecular flexibility index (Phi) is 4.84. The van der Waals surface area contributed by atoms with Gasteiger partial charge in [-0.05, 0) is 54.1 Å². The van der Waals surface area contributed by atoms with Crippen LogP contribution in [-0.4, -0.2) is 32.4 Å². The fraction of sp³-hybridized carbons (Fsp3) is 0.0400. The Hall–Kier alpha value is -4.52. The molecule has 3 amide bonds. The number of hydrogen-bond acceptors (Lipinski definition) is 4. The molecule has 7 nitrogen and oxygen atoms in total. The van der Waals surface area contributed by atoms with Crippen molar-refractivity contribution in [2.75, 3.05) is 5.32 Å². The summed E-state index contributed by atoms with van der Waals surface area (Å²) in [7, 11) is 0. The van der Waals surface area contributed by atoms with Crippen molar-refractivity contribution >= 4 is 23.4 Å². The van der Waals surface area contributed by atoms with Crippen LogP contribution in [0, 0.1) is 0 Å². The van der Waals surface area contributed by atoms with Gasteiger partial charge in [-0.3, -0.25) is 19.3 Å². The number of carbonyl (C=O) groups excluding carboxylic acids is 3. The van der Waals surface area contributed by atoms with E-state index in [-0.39, 0.29) is 24.3 Å². The molecule has 0 aliphatic carbocycles. The highest BCUT2D eigenvalue weighted by molar-refractivity contribution is 6.21. The number of fused-ring (bicyclic) bond motifs is 1. The summed E-state index contributed by atoms with van der Waals surface area (Å²) in [6.45, 7) is 0.0995. The average Bonchev–Trinajstić information content (AvgIpc) is 3.44. The molecule has 0 bridgehead atoms. The lowest BCUT2D eigenvalue weighted by Gasteiger charge is -2.14. The van der Waals surface area contributed by atoms with Crippen molar-refractivity contribution in [2.45, 2.75) is 6.54 Å². The molecule has 0 radical (unpaired) electrons. The van der Waals surface area contributed by atoms with E-state index in [1.165, 1.54) is 4.90 Å². The van der Waals surface area contributed by atoms with Crippen LogP contribution in [-0.2, 0) is 6.54 Å². The molecular weight excluding hydrogens is 404 g/mol. The van der Waals surface area contributed by atoms with Crippen molar-refractivity contribution in [3.05, 3.63) is 114 Å². The number of imide groups is 1. The van der Waals surface area contributed by atoms with Gasteiger partial charge in [0.2, 0.25) is 0 Å². The molecule has 0 unspecified atom stereocenters. The van der Waals surface area contributed by atoms with Gasteiger partial charge in [0, 0.05) is 23.6 Å². The topological polar surface area (TPSA) is 84.3 Å². The van der Waals surface area contributed by atoms with Crippen LogP contribution in [0.1, 0.15) is 36.6 Å². The summed E-state index contributed by atoms with van der Waals surface area (Å²) in [4.78, 5) is 39.3. The maximum absolute atomic E-state index is 12.8. The molecule has 32 heavy (non-hydrogen) atoms. The highest BCUT2D eigenvalue weighted by Crippen LogP contribution is 2.24. The van der Waals surface area contributed by atoms with Gasteiger partial charge in [0.1, 0.15) is 0 Å². The molecule has 156 valence electrons. The number of carbonyl (C=O) groups is 3. The van der Waals surface area contributed by atoms with Crippen molar-refractivity contribution in [3.8, 4) is 5.69 Å². The quantitative estimate of drug-likeness (QED) is 0.494. The molecule has 1 aliphatic heterocycles. The van der Waals surface area contributed by atoms with Crippen molar-refractivity contribution in [3.63, 3.8) is 0 Å². The maximum atomic E-state index is 12.8. The zero-order valence-corrected chi connectivity index (χ0v) is 16.9. The minimum atomic E-state index is -0.323. The van der Waals surface area contributed by atoms with Crippen molar-refractivity contribution in [2.24, 2.45) is 0 Å². The van der Waals surface area contributed by atoms with Crippen LogP contribution in [0.3, 0.4) is 0 Å². The number of rotatable bonds is 5. The molecule has 1 aromatic heterocycles. The van der Waals surface area contributed by atoms with E-state index in [4.69, 9.17) is 0 Å². The lowest BCUT2D eigenvalue weighted by atomic mass is 10.1. The van der Waals surface area contributed by atoms with E-state index >= 15 is 0 Å². The van der Waals surface area contributed by atoms with Crippen LogP contribution in [0.5, 0.6) is 0 Å². The largest absolute Gasteiger partial charge is 0.322 e. The Labute approximate surface area is 183 Å². The van der Waals surface area contributed by atoms with E-state index in [9.17, 15) is 14.4 Å². The monoisotopic (exact) mass is 422 g/mol. The molecule has 2 heterocycles. The highest BCUT2D eigenvalue weighted by Gasteiger charge is 2.34. The molecule has 0 saturated carbocycles. The third-order valence-electron chi connectivity index (χ3n) is 5.28. The van der Waals surface area contributed by atoms with Crippen LogP contribution in [0.4, 0.5) is 5.69 Å². The Morgan fingerprint density at radius 1 is 0.844 bits per heavy atom. The zero-order valence-electron chi connectivity index (χ0n) is 16.9. The van der Waals surface area contributed by atoms with Crippen LogP contribution in [0.15, 0.2) is 91.3 Å². The summed E-state index contributed by atoms with van der Waals surface area (Å²) in [5.41, 5.74) is 3.40. The smallest absolute Gasteiger partial charge is 0.261 e. The second-order valence-electron chi connectivity index (χ2n) is 7.40. The first-order chi connectivity index (χ1) is 15.6. The van der Waals surface area contributed by atoms with Crippen molar-refractivity contribution in [1.29, 1.82) is 0 Å². The Bertz CT molecular complexity index is 1310. The molecule has 4 aromatic rings.